The highest BCUT2D eigenvalue weighted by molar-refractivity contribution is 6.30. The molecular formula is C11H15ClN2O2. The van der Waals surface area contributed by atoms with Crippen LogP contribution in [0.5, 0.6) is 0 Å². The highest BCUT2D eigenvalue weighted by Crippen LogP contribution is 2.16. The van der Waals surface area contributed by atoms with E-state index >= 15 is 0 Å². The van der Waals surface area contributed by atoms with Crippen molar-refractivity contribution < 1.29 is 9.53 Å². The first-order chi connectivity index (χ1) is 7.28. The molecule has 0 aromatic carbocycles. The van der Waals surface area contributed by atoms with E-state index in [1.807, 2.05) is 6.92 Å². The molecule has 0 spiro atoms. The number of carbonyl (C=O) groups is 1. The van der Waals surface area contributed by atoms with E-state index in [-0.39, 0.29) is 0 Å². The molecule has 1 heterocycles. The molecule has 0 saturated carbocycles. The summed E-state index contributed by atoms with van der Waals surface area (Å²) in [5, 5.41) is 2.88. The number of pyridine rings is 1. The maximum Gasteiger partial charge on any atom is 0.413 e. The smallest absolute Gasteiger partial charge is 0.413 e. The standard InChI is InChI=1S/C11H15ClN2O2/c1-7-5-6-8(13-9(7)12)14-10(15)16-11(2,3)4/h5-6H,1-4H3,(H,13,14,15). The summed E-state index contributed by atoms with van der Waals surface area (Å²) in [5.41, 5.74) is 0.329. The minimum absolute atomic E-state index is 0.369. The van der Waals surface area contributed by atoms with Gasteiger partial charge in [-0.15, -0.1) is 0 Å². The minimum Gasteiger partial charge on any atom is -0.444 e. The average molecular weight is 243 g/mol. The molecule has 0 aliphatic heterocycles. The second-order valence-corrected chi connectivity index (χ2v) is 4.79. The molecule has 0 unspecified atom stereocenters. The monoisotopic (exact) mass is 242 g/mol. The Morgan fingerprint density at radius 3 is 2.56 bits per heavy atom. The molecule has 0 bridgehead atoms. The lowest BCUT2D eigenvalue weighted by Crippen LogP contribution is -2.27. The van der Waals surface area contributed by atoms with Crippen LogP contribution in [-0.4, -0.2) is 16.7 Å². The van der Waals surface area contributed by atoms with Gasteiger partial charge in [0.1, 0.15) is 16.6 Å². The summed E-state index contributed by atoms with van der Waals surface area (Å²) in [4.78, 5) is 15.4. The van der Waals surface area contributed by atoms with Crippen LogP contribution in [0, 0.1) is 6.92 Å². The van der Waals surface area contributed by atoms with E-state index in [1.54, 1.807) is 32.9 Å². The molecule has 1 aromatic rings. The lowest BCUT2D eigenvalue weighted by Gasteiger charge is -2.19. The van der Waals surface area contributed by atoms with Gasteiger partial charge in [-0.2, -0.15) is 0 Å². The number of anilines is 1. The van der Waals surface area contributed by atoms with Gasteiger partial charge in [0.2, 0.25) is 0 Å². The van der Waals surface area contributed by atoms with Gasteiger partial charge in [-0.1, -0.05) is 17.7 Å². The van der Waals surface area contributed by atoms with E-state index in [4.69, 9.17) is 16.3 Å². The van der Waals surface area contributed by atoms with E-state index in [1.165, 1.54) is 0 Å². The van der Waals surface area contributed by atoms with E-state index in [0.717, 1.165) is 5.56 Å². The number of nitrogens with one attached hydrogen (secondary N) is 1. The Hall–Kier alpha value is -1.29. The Bertz CT molecular complexity index is 399. The Balaban J connectivity index is 2.67. The summed E-state index contributed by atoms with van der Waals surface area (Å²) >= 11 is 5.83. The maximum atomic E-state index is 11.4. The third-order valence-corrected chi connectivity index (χ3v) is 2.05. The van der Waals surface area contributed by atoms with E-state index in [9.17, 15) is 4.79 Å². The number of ether oxygens (including phenoxy) is 1. The normalized spacial score (nSPS) is 11.1. The van der Waals surface area contributed by atoms with Gasteiger partial charge >= 0.3 is 6.09 Å². The first-order valence-electron chi connectivity index (χ1n) is 4.91. The number of halogens is 1. The summed E-state index contributed by atoms with van der Waals surface area (Å²) in [5.74, 6) is 0.379. The van der Waals surface area contributed by atoms with Gasteiger partial charge in [0, 0.05) is 0 Å². The molecule has 0 aliphatic carbocycles. The van der Waals surface area contributed by atoms with Gasteiger partial charge in [-0.3, -0.25) is 5.32 Å². The zero-order valence-corrected chi connectivity index (χ0v) is 10.6. The van der Waals surface area contributed by atoms with E-state index < -0.39 is 11.7 Å². The molecule has 0 atom stereocenters. The van der Waals surface area contributed by atoms with Crippen LogP contribution < -0.4 is 5.32 Å². The average Bonchev–Trinajstić information content (AvgIpc) is 2.08. The molecule has 5 heteroatoms. The predicted octanol–water partition coefficient (Wildman–Crippen LogP) is 3.39. The highest BCUT2D eigenvalue weighted by atomic mass is 35.5. The fraction of sp³-hybridized carbons (Fsp3) is 0.455. The quantitative estimate of drug-likeness (QED) is 0.768. The van der Waals surface area contributed by atoms with Crippen LogP contribution in [0.4, 0.5) is 10.6 Å². The molecule has 0 saturated heterocycles. The second-order valence-electron chi connectivity index (χ2n) is 4.43. The maximum absolute atomic E-state index is 11.4. The van der Waals surface area contributed by atoms with Crippen molar-refractivity contribution in [2.45, 2.75) is 33.3 Å². The first-order valence-corrected chi connectivity index (χ1v) is 5.29. The van der Waals surface area contributed by atoms with Gasteiger partial charge in [0.05, 0.1) is 0 Å². The molecular weight excluding hydrogens is 228 g/mol. The summed E-state index contributed by atoms with van der Waals surface area (Å²) < 4.78 is 5.08. The molecule has 1 rings (SSSR count). The highest BCUT2D eigenvalue weighted by Gasteiger charge is 2.16. The zero-order valence-electron chi connectivity index (χ0n) is 9.80. The van der Waals surface area contributed by atoms with E-state index in [2.05, 4.69) is 10.3 Å². The summed E-state index contributed by atoms with van der Waals surface area (Å²) in [6.45, 7) is 7.22. The topological polar surface area (TPSA) is 51.2 Å². The van der Waals surface area contributed by atoms with Crippen molar-refractivity contribution in [3.05, 3.63) is 22.8 Å². The number of carbonyl (C=O) groups excluding carboxylic acids is 1. The molecule has 1 aromatic heterocycles. The Labute approximate surface area is 100.0 Å². The van der Waals surface area contributed by atoms with Crippen molar-refractivity contribution in [2.75, 3.05) is 5.32 Å². The number of rotatable bonds is 1. The molecule has 1 N–H and O–H groups in total. The number of hydrogen-bond acceptors (Lipinski definition) is 3. The first kappa shape index (κ1) is 12.8. The number of aromatic nitrogens is 1. The van der Waals surface area contributed by atoms with Crippen LogP contribution in [0.2, 0.25) is 5.15 Å². The van der Waals surface area contributed by atoms with Gasteiger partial charge < -0.3 is 4.74 Å². The SMILES string of the molecule is Cc1ccc(NC(=O)OC(C)(C)C)nc1Cl. The predicted molar refractivity (Wildman–Crippen MR) is 63.8 cm³/mol. The lowest BCUT2D eigenvalue weighted by molar-refractivity contribution is 0.0635. The van der Waals surface area contributed by atoms with Crippen molar-refractivity contribution in [3.63, 3.8) is 0 Å². The van der Waals surface area contributed by atoms with Gasteiger partial charge in [-0.25, -0.2) is 9.78 Å². The lowest BCUT2D eigenvalue weighted by atomic mass is 10.2. The van der Waals surface area contributed by atoms with Gasteiger partial charge in [-0.05, 0) is 39.3 Å². The Morgan fingerprint density at radius 2 is 2.06 bits per heavy atom. The summed E-state index contributed by atoms with van der Waals surface area (Å²) in [7, 11) is 0. The van der Waals surface area contributed by atoms with Crippen LogP contribution >= 0.6 is 11.6 Å². The van der Waals surface area contributed by atoms with Crippen LogP contribution in [0.3, 0.4) is 0 Å². The van der Waals surface area contributed by atoms with Gasteiger partial charge in [0.25, 0.3) is 0 Å². The third kappa shape index (κ3) is 4.06. The number of amides is 1. The minimum atomic E-state index is -0.542. The summed E-state index contributed by atoms with van der Waals surface area (Å²) in [6.07, 6.45) is -0.542. The van der Waals surface area contributed by atoms with Crippen LogP contribution in [0.15, 0.2) is 12.1 Å². The van der Waals surface area contributed by atoms with Crippen LogP contribution in [0.25, 0.3) is 0 Å². The van der Waals surface area contributed by atoms with Crippen molar-refractivity contribution in [2.24, 2.45) is 0 Å². The van der Waals surface area contributed by atoms with E-state index in [0.29, 0.717) is 11.0 Å². The third-order valence-electron chi connectivity index (χ3n) is 1.66. The van der Waals surface area contributed by atoms with Gasteiger partial charge in [0.15, 0.2) is 0 Å². The molecule has 16 heavy (non-hydrogen) atoms. The zero-order chi connectivity index (χ0) is 12.3. The van der Waals surface area contributed by atoms with Crippen molar-refractivity contribution >= 4 is 23.5 Å². The fourth-order valence-corrected chi connectivity index (χ4v) is 1.14. The Kier molecular flexibility index (Phi) is 3.75. The molecule has 0 radical (unpaired) electrons. The molecule has 0 aliphatic rings. The number of aryl methyl sites for hydroxylation is 1. The summed E-state index contributed by atoms with van der Waals surface area (Å²) in [6, 6.07) is 3.45. The van der Waals surface area contributed by atoms with Crippen molar-refractivity contribution in [1.82, 2.24) is 4.98 Å². The molecule has 4 nitrogen and oxygen atoms in total. The van der Waals surface area contributed by atoms with Crippen molar-refractivity contribution in [3.8, 4) is 0 Å². The largest absolute Gasteiger partial charge is 0.444 e. The second kappa shape index (κ2) is 4.70. The van der Waals surface area contributed by atoms with Crippen LogP contribution in [-0.2, 0) is 4.74 Å². The number of hydrogen-bond donors (Lipinski definition) is 1. The number of nitrogens with zero attached hydrogens (tertiary/aromatic N) is 1. The fourth-order valence-electron chi connectivity index (χ4n) is 0.982. The molecule has 1 amide bonds. The molecule has 0 fully saturated rings. The Morgan fingerprint density at radius 1 is 1.44 bits per heavy atom. The van der Waals surface area contributed by atoms with Crippen molar-refractivity contribution in [1.29, 1.82) is 0 Å². The molecule has 88 valence electrons. The van der Waals surface area contributed by atoms with Crippen LogP contribution in [0.1, 0.15) is 26.3 Å².